The highest BCUT2D eigenvalue weighted by Crippen LogP contribution is 2.36. The molecule has 3 aromatic rings. The summed E-state index contributed by atoms with van der Waals surface area (Å²) in [4.78, 5) is 24.9. The molecule has 0 aliphatic carbocycles. The lowest BCUT2D eigenvalue weighted by molar-refractivity contribution is -0.0370. The van der Waals surface area contributed by atoms with Gasteiger partial charge in [-0.2, -0.15) is 5.10 Å². The molecule has 1 aliphatic heterocycles. The standard InChI is InChI=1S/C26H31N5O4/c1-15-16(2)35-13-12-20(15)31-24(27)22(25(28)32)23(30-31)18-10-8-17(9-11-18)14-29-26(33)19-6-4-5-7-21(19)34-3/h4-11,15-16,20H,12-14,27H2,1-3H3,(H2,28,32)(H,29,33)/t15-,16-,20+/m0/s1. The minimum Gasteiger partial charge on any atom is -0.496 e. The van der Waals surface area contributed by atoms with Gasteiger partial charge in [-0.15, -0.1) is 0 Å². The van der Waals surface area contributed by atoms with Crippen LogP contribution in [0.15, 0.2) is 48.5 Å². The third-order valence-corrected chi connectivity index (χ3v) is 6.68. The molecule has 2 amide bonds. The summed E-state index contributed by atoms with van der Waals surface area (Å²) in [6.07, 6.45) is 0.808. The van der Waals surface area contributed by atoms with Crippen molar-refractivity contribution in [3.8, 4) is 17.0 Å². The van der Waals surface area contributed by atoms with Gasteiger partial charge in [0.2, 0.25) is 0 Å². The van der Waals surface area contributed by atoms with Crippen molar-refractivity contribution in [2.75, 3.05) is 19.5 Å². The normalized spacial score (nSPS) is 19.8. The zero-order valence-electron chi connectivity index (χ0n) is 20.2. The molecule has 35 heavy (non-hydrogen) atoms. The van der Waals surface area contributed by atoms with Gasteiger partial charge < -0.3 is 26.3 Å². The number of nitrogens with zero attached hydrogens (tertiary/aromatic N) is 2. The molecule has 0 radical (unpaired) electrons. The Balaban J connectivity index is 1.55. The maximum absolute atomic E-state index is 12.6. The van der Waals surface area contributed by atoms with Crippen molar-refractivity contribution in [2.45, 2.75) is 39.0 Å². The molecule has 1 fully saturated rings. The van der Waals surface area contributed by atoms with E-state index in [9.17, 15) is 9.59 Å². The van der Waals surface area contributed by atoms with Gasteiger partial charge in [-0.3, -0.25) is 9.59 Å². The average molecular weight is 478 g/mol. The first-order valence-corrected chi connectivity index (χ1v) is 11.6. The van der Waals surface area contributed by atoms with Crippen LogP contribution in [-0.2, 0) is 11.3 Å². The number of benzene rings is 2. The number of rotatable bonds is 7. The Morgan fingerprint density at radius 2 is 1.89 bits per heavy atom. The Kier molecular flexibility index (Phi) is 7.07. The van der Waals surface area contributed by atoms with Gasteiger partial charge in [-0.25, -0.2) is 4.68 Å². The quantitative estimate of drug-likeness (QED) is 0.478. The van der Waals surface area contributed by atoms with Crippen molar-refractivity contribution >= 4 is 17.6 Å². The van der Waals surface area contributed by atoms with Crippen LogP contribution in [0.25, 0.3) is 11.3 Å². The predicted molar refractivity (Wildman–Crippen MR) is 133 cm³/mol. The fraction of sp³-hybridized carbons (Fsp3) is 0.346. The predicted octanol–water partition coefficient (Wildman–Crippen LogP) is 3.16. The lowest BCUT2D eigenvalue weighted by Crippen LogP contribution is -2.35. The summed E-state index contributed by atoms with van der Waals surface area (Å²) in [5.74, 6) is 0.111. The summed E-state index contributed by atoms with van der Waals surface area (Å²) in [7, 11) is 1.53. The molecule has 1 aromatic heterocycles. The topological polar surface area (TPSA) is 134 Å². The van der Waals surface area contributed by atoms with Crippen molar-refractivity contribution in [1.29, 1.82) is 0 Å². The smallest absolute Gasteiger partial charge is 0.255 e. The third-order valence-electron chi connectivity index (χ3n) is 6.68. The number of hydrogen-bond donors (Lipinski definition) is 3. The van der Waals surface area contributed by atoms with Gasteiger partial charge in [-0.05, 0) is 31.0 Å². The van der Waals surface area contributed by atoms with Crippen LogP contribution < -0.4 is 21.5 Å². The Morgan fingerprint density at radius 1 is 1.17 bits per heavy atom. The molecule has 2 heterocycles. The number of para-hydroxylation sites is 1. The van der Waals surface area contributed by atoms with E-state index in [4.69, 9.17) is 26.0 Å². The Morgan fingerprint density at radius 3 is 2.57 bits per heavy atom. The number of primary amides is 1. The van der Waals surface area contributed by atoms with Gasteiger partial charge in [-0.1, -0.05) is 43.3 Å². The van der Waals surface area contributed by atoms with Crippen molar-refractivity contribution in [3.05, 3.63) is 65.2 Å². The average Bonchev–Trinajstić information content (AvgIpc) is 3.21. The molecule has 5 N–H and O–H groups in total. The Labute approximate surface area is 204 Å². The second kappa shape index (κ2) is 10.2. The van der Waals surface area contributed by atoms with Gasteiger partial charge in [0.25, 0.3) is 11.8 Å². The Hall–Kier alpha value is -3.85. The highest BCUT2D eigenvalue weighted by molar-refractivity contribution is 6.03. The highest BCUT2D eigenvalue weighted by Gasteiger charge is 2.33. The third kappa shape index (κ3) is 4.85. The molecule has 4 rings (SSSR count). The first kappa shape index (κ1) is 24.3. The van der Waals surface area contributed by atoms with Crippen LogP contribution in [0.2, 0.25) is 0 Å². The van der Waals surface area contributed by atoms with Crippen molar-refractivity contribution in [1.82, 2.24) is 15.1 Å². The number of nitrogen functional groups attached to an aromatic ring is 1. The summed E-state index contributed by atoms with van der Waals surface area (Å²) in [6, 6.07) is 14.5. The van der Waals surface area contributed by atoms with Gasteiger partial charge >= 0.3 is 0 Å². The van der Waals surface area contributed by atoms with Gasteiger partial charge in [0, 0.05) is 24.6 Å². The number of aromatic nitrogens is 2. The second-order valence-electron chi connectivity index (χ2n) is 8.79. The number of ether oxygens (including phenoxy) is 2. The van der Waals surface area contributed by atoms with E-state index in [-0.39, 0.29) is 35.4 Å². The van der Waals surface area contributed by atoms with Crippen LogP contribution in [-0.4, -0.2) is 41.4 Å². The number of nitrogens with one attached hydrogen (secondary N) is 1. The second-order valence-corrected chi connectivity index (χ2v) is 8.79. The summed E-state index contributed by atoms with van der Waals surface area (Å²) in [6.45, 7) is 5.05. The first-order valence-electron chi connectivity index (χ1n) is 11.6. The molecule has 0 bridgehead atoms. The Bertz CT molecular complexity index is 1220. The van der Waals surface area contributed by atoms with Crippen LogP contribution in [0.1, 0.15) is 52.6 Å². The van der Waals surface area contributed by atoms with E-state index >= 15 is 0 Å². The molecular weight excluding hydrogens is 446 g/mol. The molecule has 9 nitrogen and oxygen atoms in total. The maximum Gasteiger partial charge on any atom is 0.255 e. The van der Waals surface area contributed by atoms with Crippen LogP contribution in [0.5, 0.6) is 5.75 Å². The fourth-order valence-corrected chi connectivity index (χ4v) is 4.48. The van der Waals surface area contributed by atoms with Gasteiger partial charge in [0.05, 0.1) is 24.8 Å². The van der Waals surface area contributed by atoms with E-state index in [1.807, 2.05) is 37.3 Å². The molecule has 184 valence electrons. The maximum atomic E-state index is 12.6. The van der Waals surface area contributed by atoms with Crippen molar-refractivity contribution < 1.29 is 19.1 Å². The highest BCUT2D eigenvalue weighted by atomic mass is 16.5. The number of carbonyl (C=O) groups is 2. The van der Waals surface area contributed by atoms with E-state index in [2.05, 4.69) is 12.2 Å². The van der Waals surface area contributed by atoms with E-state index in [0.717, 1.165) is 17.5 Å². The summed E-state index contributed by atoms with van der Waals surface area (Å²) >= 11 is 0. The molecule has 9 heteroatoms. The zero-order chi connectivity index (χ0) is 25.1. The van der Waals surface area contributed by atoms with Crippen LogP contribution in [0.4, 0.5) is 5.82 Å². The minimum atomic E-state index is -0.621. The number of anilines is 1. The number of hydrogen-bond acceptors (Lipinski definition) is 6. The van der Waals surface area contributed by atoms with Crippen LogP contribution in [0, 0.1) is 5.92 Å². The molecule has 0 spiro atoms. The lowest BCUT2D eigenvalue weighted by atomic mass is 9.92. The molecule has 0 unspecified atom stereocenters. The zero-order valence-corrected chi connectivity index (χ0v) is 20.2. The molecule has 1 saturated heterocycles. The summed E-state index contributed by atoms with van der Waals surface area (Å²) < 4.78 is 12.7. The molecule has 3 atom stereocenters. The molecule has 2 aromatic carbocycles. The van der Waals surface area contributed by atoms with Crippen LogP contribution >= 0.6 is 0 Å². The van der Waals surface area contributed by atoms with Crippen LogP contribution in [0.3, 0.4) is 0 Å². The summed E-state index contributed by atoms with van der Waals surface area (Å²) in [5, 5.41) is 7.62. The minimum absolute atomic E-state index is 0.00932. The molecular formula is C26H31N5O4. The number of amides is 2. The van der Waals surface area contributed by atoms with Crippen molar-refractivity contribution in [3.63, 3.8) is 0 Å². The SMILES string of the molecule is COc1ccccc1C(=O)NCc1ccc(-c2nn([C@@H]3CCO[C@@H](C)[C@@H]3C)c(N)c2C(N)=O)cc1. The largest absolute Gasteiger partial charge is 0.496 e. The summed E-state index contributed by atoms with van der Waals surface area (Å²) in [5.41, 5.74) is 14.8. The van der Waals surface area contributed by atoms with Gasteiger partial charge in [0.15, 0.2) is 0 Å². The van der Waals surface area contributed by atoms with E-state index < -0.39 is 5.91 Å². The number of carbonyl (C=O) groups excluding carboxylic acids is 2. The first-order chi connectivity index (χ1) is 16.8. The van der Waals surface area contributed by atoms with E-state index in [0.29, 0.717) is 30.2 Å². The van der Waals surface area contributed by atoms with Gasteiger partial charge in [0.1, 0.15) is 22.8 Å². The molecule has 0 saturated carbocycles. The van der Waals surface area contributed by atoms with E-state index in [1.54, 1.807) is 22.9 Å². The molecule has 1 aliphatic rings. The number of methoxy groups -OCH3 is 1. The van der Waals surface area contributed by atoms with Crippen molar-refractivity contribution in [2.24, 2.45) is 11.7 Å². The lowest BCUT2D eigenvalue weighted by Gasteiger charge is -2.34. The number of nitrogens with two attached hydrogens (primary N) is 2. The van der Waals surface area contributed by atoms with E-state index in [1.165, 1.54) is 7.11 Å². The fourth-order valence-electron chi connectivity index (χ4n) is 4.48. The monoisotopic (exact) mass is 477 g/mol.